The zero-order valence-electron chi connectivity index (χ0n) is 14.5. The van der Waals surface area contributed by atoms with Crippen LogP contribution in [0.3, 0.4) is 0 Å². The molecule has 1 atom stereocenters. The van der Waals surface area contributed by atoms with Crippen molar-refractivity contribution < 1.29 is 4.79 Å². The summed E-state index contributed by atoms with van der Waals surface area (Å²) in [6.45, 7) is 5.29. The standard InChI is InChI=1S/C17H26N6O/c1-3-16-19-7-14(21-16)11-23-6-4-5-13(10-23)17(24)20-9-15-8-18-12-22(15)2/h7-8,12-13H,3-6,9-11H2,1-2H3,(H,19,21)(H,20,24). The van der Waals surface area contributed by atoms with Gasteiger partial charge in [0.05, 0.1) is 24.5 Å². The Hall–Kier alpha value is -2.15. The minimum atomic E-state index is 0.0561. The second-order valence-electron chi connectivity index (χ2n) is 6.50. The molecule has 1 amide bonds. The van der Waals surface area contributed by atoms with E-state index in [4.69, 9.17) is 0 Å². The summed E-state index contributed by atoms with van der Waals surface area (Å²) in [5, 5.41) is 3.05. The van der Waals surface area contributed by atoms with Crippen molar-refractivity contribution in [2.75, 3.05) is 13.1 Å². The maximum Gasteiger partial charge on any atom is 0.224 e. The van der Waals surface area contributed by atoms with Crippen molar-refractivity contribution in [2.24, 2.45) is 13.0 Å². The molecular weight excluding hydrogens is 304 g/mol. The molecule has 0 spiro atoms. The number of imidazole rings is 2. The summed E-state index contributed by atoms with van der Waals surface area (Å²) in [5.74, 6) is 1.22. The van der Waals surface area contributed by atoms with Crippen LogP contribution in [0.2, 0.25) is 0 Å². The summed E-state index contributed by atoms with van der Waals surface area (Å²) in [7, 11) is 1.94. The molecule has 3 heterocycles. The highest BCUT2D eigenvalue weighted by Gasteiger charge is 2.26. The molecule has 3 rings (SSSR count). The van der Waals surface area contributed by atoms with E-state index in [2.05, 4.69) is 32.1 Å². The maximum absolute atomic E-state index is 12.5. The molecule has 0 radical (unpaired) electrons. The monoisotopic (exact) mass is 330 g/mol. The average molecular weight is 330 g/mol. The second kappa shape index (κ2) is 7.61. The molecule has 1 aliphatic rings. The van der Waals surface area contributed by atoms with Crippen LogP contribution in [0.5, 0.6) is 0 Å². The first-order valence-corrected chi connectivity index (χ1v) is 8.63. The lowest BCUT2D eigenvalue weighted by Gasteiger charge is -2.31. The Bertz CT molecular complexity index is 676. The molecule has 0 saturated carbocycles. The van der Waals surface area contributed by atoms with Gasteiger partial charge in [0.2, 0.25) is 5.91 Å². The fourth-order valence-electron chi connectivity index (χ4n) is 3.20. The molecule has 2 aromatic rings. The molecule has 1 aliphatic heterocycles. The highest BCUT2D eigenvalue weighted by Crippen LogP contribution is 2.18. The van der Waals surface area contributed by atoms with E-state index in [1.165, 1.54) is 0 Å². The summed E-state index contributed by atoms with van der Waals surface area (Å²) < 4.78 is 1.93. The number of carbonyl (C=O) groups is 1. The number of aromatic nitrogens is 4. The number of carbonyl (C=O) groups excluding carboxylic acids is 1. The Morgan fingerprint density at radius 3 is 3.04 bits per heavy atom. The number of likely N-dealkylation sites (tertiary alicyclic amines) is 1. The SMILES string of the molecule is CCc1ncc(CN2CCCC(C(=O)NCc3cncn3C)C2)[nH]1. The van der Waals surface area contributed by atoms with Crippen molar-refractivity contribution in [3.05, 3.63) is 35.9 Å². The number of H-pyrrole nitrogens is 1. The topological polar surface area (TPSA) is 78.8 Å². The Morgan fingerprint density at radius 1 is 1.46 bits per heavy atom. The molecule has 130 valence electrons. The zero-order chi connectivity index (χ0) is 16.9. The summed E-state index contributed by atoms with van der Waals surface area (Å²) in [6, 6.07) is 0. The molecule has 0 bridgehead atoms. The van der Waals surface area contributed by atoms with Crippen molar-refractivity contribution in [1.82, 2.24) is 29.7 Å². The Balaban J connectivity index is 1.50. The predicted octanol–water partition coefficient (Wildman–Crippen LogP) is 1.23. The van der Waals surface area contributed by atoms with E-state index >= 15 is 0 Å². The quantitative estimate of drug-likeness (QED) is 0.835. The third-order valence-corrected chi connectivity index (χ3v) is 4.65. The highest BCUT2D eigenvalue weighted by molar-refractivity contribution is 5.78. The van der Waals surface area contributed by atoms with Crippen LogP contribution in [0.1, 0.15) is 37.0 Å². The summed E-state index contributed by atoms with van der Waals surface area (Å²) in [4.78, 5) is 26.6. The number of aryl methyl sites for hydroxylation is 2. The van der Waals surface area contributed by atoms with Gasteiger partial charge in [0, 0.05) is 44.6 Å². The number of nitrogens with one attached hydrogen (secondary N) is 2. The lowest BCUT2D eigenvalue weighted by molar-refractivity contribution is -0.127. The molecule has 0 aliphatic carbocycles. The number of rotatable bonds is 6. The van der Waals surface area contributed by atoms with E-state index in [0.29, 0.717) is 6.54 Å². The fraction of sp³-hybridized carbons (Fsp3) is 0.588. The first-order valence-electron chi connectivity index (χ1n) is 8.63. The van der Waals surface area contributed by atoms with Gasteiger partial charge in [-0.2, -0.15) is 0 Å². The van der Waals surface area contributed by atoms with Crippen molar-refractivity contribution in [3.63, 3.8) is 0 Å². The molecule has 1 fully saturated rings. The van der Waals surface area contributed by atoms with Gasteiger partial charge in [-0.05, 0) is 19.4 Å². The van der Waals surface area contributed by atoms with Gasteiger partial charge in [0.25, 0.3) is 0 Å². The minimum Gasteiger partial charge on any atom is -0.350 e. The molecule has 2 N–H and O–H groups in total. The summed E-state index contributed by atoms with van der Waals surface area (Å²) in [6.07, 6.45) is 8.37. The highest BCUT2D eigenvalue weighted by atomic mass is 16.1. The third-order valence-electron chi connectivity index (χ3n) is 4.65. The smallest absolute Gasteiger partial charge is 0.224 e. The van der Waals surface area contributed by atoms with Crippen molar-refractivity contribution in [2.45, 2.75) is 39.3 Å². The maximum atomic E-state index is 12.5. The predicted molar refractivity (Wildman–Crippen MR) is 91.0 cm³/mol. The van der Waals surface area contributed by atoms with Gasteiger partial charge in [-0.15, -0.1) is 0 Å². The van der Waals surface area contributed by atoms with E-state index in [1.54, 1.807) is 12.5 Å². The number of amides is 1. The van der Waals surface area contributed by atoms with Crippen molar-refractivity contribution in [3.8, 4) is 0 Å². The first-order chi connectivity index (χ1) is 11.7. The molecule has 1 unspecified atom stereocenters. The van der Waals surface area contributed by atoms with Crippen LogP contribution in [0.4, 0.5) is 0 Å². The van der Waals surface area contributed by atoms with Crippen LogP contribution in [-0.2, 0) is 31.4 Å². The van der Waals surface area contributed by atoms with E-state index in [1.807, 2.05) is 17.8 Å². The van der Waals surface area contributed by atoms with Gasteiger partial charge in [-0.25, -0.2) is 9.97 Å². The Morgan fingerprint density at radius 2 is 2.33 bits per heavy atom. The van der Waals surface area contributed by atoms with E-state index in [-0.39, 0.29) is 11.8 Å². The first kappa shape index (κ1) is 16.7. The van der Waals surface area contributed by atoms with Crippen molar-refractivity contribution >= 4 is 5.91 Å². The molecule has 24 heavy (non-hydrogen) atoms. The lowest BCUT2D eigenvalue weighted by atomic mass is 9.97. The number of piperidine rings is 1. The molecule has 2 aromatic heterocycles. The fourth-order valence-corrected chi connectivity index (χ4v) is 3.20. The van der Waals surface area contributed by atoms with Gasteiger partial charge in [-0.3, -0.25) is 9.69 Å². The van der Waals surface area contributed by atoms with Gasteiger partial charge in [0.1, 0.15) is 5.82 Å². The molecule has 1 saturated heterocycles. The van der Waals surface area contributed by atoms with Crippen LogP contribution >= 0.6 is 0 Å². The van der Waals surface area contributed by atoms with Crippen LogP contribution < -0.4 is 5.32 Å². The van der Waals surface area contributed by atoms with Gasteiger partial charge >= 0.3 is 0 Å². The van der Waals surface area contributed by atoms with Crippen LogP contribution in [-0.4, -0.2) is 43.4 Å². The number of aromatic amines is 1. The summed E-state index contributed by atoms with van der Waals surface area (Å²) >= 11 is 0. The second-order valence-corrected chi connectivity index (χ2v) is 6.50. The van der Waals surface area contributed by atoms with Crippen LogP contribution in [0.25, 0.3) is 0 Å². The number of hydrogen-bond acceptors (Lipinski definition) is 4. The largest absolute Gasteiger partial charge is 0.350 e. The minimum absolute atomic E-state index is 0.0561. The Kier molecular flexibility index (Phi) is 5.30. The van der Waals surface area contributed by atoms with Gasteiger partial charge in [0.15, 0.2) is 0 Å². The van der Waals surface area contributed by atoms with Gasteiger partial charge in [-0.1, -0.05) is 6.92 Å². The van der Waals surface area contributed by atoms with E-state index in [0.717, 1.165) is 56.1 Å². The van der Waals surface area contributed by atoms with E-state index in [9.17, 15) is 4.79 Å². The van der Waals surface area contributed by atoms with Crippen LogP contribution in [0.15, 0.2) is 18.7 Å². The Labute approximate surface area is 142 Å². The normalized spacial score (nSPS) is 18.7. The van der Waals surface area contributed by atoms with E-state index < -0.39 is 0 Å². The number of nitrogens with zero attached hydrogens (tertiary/aromatic N) is 4. The van der Waals surface area contributed by atoms with Crippen molar-refractivity contribution in [1.29, 1.82) is 0 Å². The average Bonchev–Trinajstić information content (AvgIpc) is 3.21. The molecule has 7 heteroatoms. The molecular formula is C17H26N6O. The third kappa shape index (κ3) is 4.03. The zero-order valence-corrected chi connectivity index (χ0v) is 14.5. The summed E-state index contributed by atoms with van der Waals surface area (Å²) in [5.41, 5.74) is 2.14. The van der Waals surface area contributed by atoms with Crippen LogP contribution in [0, 0.1) is 5.92 Å². The number of hydrogen-bond donors (Lipinski definition) is 2. The lowest BCUT2D eigenvalue weighted by Crippen LogP contribution is -2.42. The molecule has 7 nitrogen and oxygen atoms in total. The van der Waals surface area contributed by atoms with Gasteiger partial charge < -0.3 is 14.9 Å². The molecule has 0 aromatic carbocycles.